The average Bonchev–Trinajstić information content (AvgIpc) is 3.19. The number of nitrogens with two attached hydrogens (primary N) is 1. The fourth-order valence-corrected chi connectivity index (χ4v) is 2.65. The third-order valence-electron chi connectivity index (χ3n) is 4.18. The van der Waals surface area contributed by atoms with Crippen LogP contribution in [0, 0.1) is 11.8 Å². The third-order valence-corrected chi connectivity index (χ3v) is 4.18. The van der Waals surface area contributed by atoms with Crippen LogP contribution in [0.3, 0.4) is 0 Å². The number of rotatable bonds is 4. The average molecular weight is 283 g/mol. The van der Waals surface area contributed by atoms with E-state index in [1.165, 1.54) is 4.90 Å². The molecule has 1 saturated carbocycles. The van der Waals surface area contributed by atoms with Gasteiger partial charge in [-0.3, -0.25) is 4.79 Å². The Morgan fingerprint density at radius 3 is 2.40 bits per heavy atom. The molecule has 0 spiro atoms. The van der Waals surface area contributed by atoms with Crippen molar-refractivity contribution >= 4 is 17.9 Å². The van der Waals surface area contributed by atoms with Crippen molar-refractivity contribution in [2.45, 2.75) is 44.7 Å². The topological polar surface area (TPSA) is 113 Å². The Kier molecular flexibility index (Phi) is 4.15. The lowest BCUT2D eigenvalue weighted by Gasteiger charge is -2.37. The van der Waals surface area contributed by atoms with Crippen molar-refractivity contribution in [1.82, 2.24) is 10.2 Å². The summed E-state index contributed by atoms with van der Waals surface area (Å²) >= 11 is 0. The zero-order valence-corrected chi connectivity index (χ0v) is 11.5. The summed E-state index contributed by atoms with van der Waals surface area (Å²) in [5.41, 5.74) is 5.29. The second kappa shape index (κ2) is 5.68. The van der Waals surface area contributed by atoms with Crippen LogP contribution in [-0.2, 0) is 9.59 Å². The maximum atomic E-state index is 12.2. The number of carbonyl (C=O) groups excluding carboxylic acids is 2. The first-order valence-corrected chi connectivity index (χ1v) is 6.99. The van der Waals surface area contributed by atoms with Gasteiger partial charge in [-0.2, -0.15) is 0 Å². The molecule has 3 atom stereocenters. The molecule has 20 heavy (non-hydrogen) atoms. The number of nitrogens with zero attached hydrogens (tertiary/aromatic N) is 1. The molecule has 1 heterocycles. The van der Waals surface area contributed by atoms with Crippen LogP contribution in [0.15, 0.2) is 0 Å². The smallest absolute Gasteiger partial charge is 0.326 e. The highest BCUT2D eigenvalue weighted by Crippen LogP contribution is 2.33. The summed E-state index contributed by atoms with van der Waals surface area (Å²) in [6, 6.07) is -1.26. The summed E-state index contributed by atoms with van der Waals surface area (Å²) in [6.45, 7) is 2.16. The minimum absolute atomic E-state index is 0.0146. The second-order valence-electron chi connectivity index (χ2n) is 5.78. The molecule has 1 aliphatic carbocycles. The number of piperidine rings is 1. The number of urea groups is 1. The van der Waals surface area contributed by atoms with Gasteiger partial charge in [0.05, 0.1) is 5.92 Å². The predicted octanol–water partition coefficient (Wildman–Crippen LogP) is 0.145. The number of likely N-dealkylation sites (tertiary alicyclic amines) is 1. The third kappa shape index (κ3) is 3.20. The Morgan fingerprint density at radius 2 is 1.90 bits per heavy atom. The van der Waals surface area contributed by atoms with Crippen molar-refractivity contribution in [3.05, 3.63) is 0 Å². The van der Waals surface area contributed by atoms with Crippen molar-refractivity contribution in [2.75, 3.05) is 6.54 Å². The van der Waals surface area contributed by atoms with Gasteiger partial charge in [0, 0.05) is 12.6 Å². The van der Waals surface area contributed by atoms with Gasteiger partial charge in [0.1, 0.15) is 6.04 Å². The molecule has 4 N–H and O–H groups in total. The van der Waals surface area contributed by atoms with Crippen LogP contribution in [0.5, 0.6) is 0 Å². The molecule has 3 amide bonds. The summed E-state index contributed by atoms with van der Waals surface area (Å²) in [4.78, 5) is 36.1. The highest BCUT2D eigenvalue weighted by Gasteiger charge is 2.39. The maximum Gasteiger partial charge on any atom is 0.326 e. The SMILES string of the molecule is CC1CCC(C(N)=O)CN1C(=O)NC(C(=O)O)C1CC1. The molecule has 112 valence electrons. The fraction of sp³-hybridized carbons (Fsp3) is 0.769. The maximum absolute atomic E-state index is 12.2. The van der Waals surface area contributed by atoms with Gasteiger partial charge in [0.2, 0.25) is 5.91 Å². The first-order chi connectivity index (χ1) is 9.40. The van der Waals surface area contributed by atoms with Gasteiger partial charge >= 0.3 is 12.0 Å². The highest BCUT2D eigenvalue weighted by atomic mass is 16.4. The molecule has 0 aromatic carbocycles. The van der Waals surface area contributed by atoms with E-state index in [-0.39, 0.29) is 24.4 Å². The standard InChI is InChI=1S/C13H21N3O4/c1-7-2-3-9(11(14)17)6-16(7)13(20)15-10(12(18)19)8-4-5-8/h7-10H,2-6H2,1H3,(H2,14,17)(H,15,20)(H,18,19). The minimum atomic E-state index is -1.00. The lowest BCUT2D eigenvalue weighted by Crippen LogP contribution is -2.55. The number of primary amides is 1. The van der Waals surface area contributed by atoms with Crippen LogP contribution < -0.4 is 11.1 Å². The molecule has 1 aliphatic heterocycles. The molecule has 1 saturated heterocycles. The summed E-state index contributed by atoms with van der Waals surface area (Å²) in [5.74, 6) is -1.73. The zero-order chi connectivity index (χ0) is 14.9. The lowest BCUT2D eigenvalue weighted by molar-refractivity contribution is -0.140. The number of amides is 3. The monoisotopic (exact) mass is 283 g/mol. The fourth-order valence-electron chi connectivity index (χ4n) is 2.65. The first-order valence-electron chi connectivity index (χ1n) is 6.99. The number of carbonyl (C=O) groups is 3. The normalized spacial score (nSPS) is 27.8. The van der Waals surface area contributed by atoms with E-state index in [1.807, 2.05) is 6.92 Å². The largest absolute Gasteiger partial charge is 0.480 e. The zero-order valence-electron chi connectivity index (χ0n) is 11.5. The van der Waals surface area contributed by atoms with Crippen LogP contribution in [0.1, 0.15) is 32.6 Å². The van der Waals surface area contributed by atoms with Gasteiger partial charge < -0.3 is 21.1 Å². The molecule has 0 radical (unpaired) electrons. The van der Waals surface area contributed by atoms with E-state index in [2.05, 4.69) is 5.32 Å². The minimum Gasteiger partial charge on any atom is -0.480 e. The summed E-state index contributed by atoms with van der Waals surface area (Å²) in [7, 11) is 0. The molecule has 2 fully saturated rings. The van der Waals surface area contributed by atoms with Crippen LogP contribution in [0.4, 0.5) is 4.79 Å². The van der Waals surface area contributed by atoms with E-state index in [1.54, 1.807) is 0 Å². The highest BCUT2D eigenvalue weighted by molar-refractivity contribution is 5.84. The van der Waals surface area contributed by atoms with E-state index in [4.69, 9.17) is 10.8 Å². The molecular formula is C13H21N3O4. The summed E-state index contributed by atoms with van der Waals surface area (Å²) in [5, 5.41) is 11.7. The van der Waals surface area contributed by atoms with Crippen LogP contribution in [0.25, 0.3) is 0 Å². The van der Waals surface area contributed by atoms with E-state index >= 15 is 0 Å². The molecule has 2 aliphatic rings. The Hall–Kier alpha value is -1.79. The van der Waals surface area contributed by atoms with Crippen molar-refractivity contribution in [3.63, 3.8) is 0 Å². The van der Waals surface area contributed by atoms with Gasteiger partial charge in [0.15, 0.2) is 0 Å². The molecule has 7 heteroatoms. The molecule has 0 aromatic heterocycles. The quantitative estimate of drug-likeness (QED) is 0.681. The van der Waals surface area contributed by atoms with Crippen molar-refractivity contribution in [3.8, 4) is 0 Å². The number of carboxylic acid groups (broad SMARTS) is 1. The summed E-state index contributed by atoms with van der Waals surface area (Å²) < 4.78 is 0. The molecule has 0 bridgehead atoms. The van der Waals surface area contributed by atoms with Crippen molar-refractivity contribution in [2.24, 2.45) is 17.6 Å². The van der Waals surface area contributed by atoms with Gasteiger partial charge in [-0.25, -0.2) is 9.59 Å². The van der Waals surface area contributed by atoms with Gasteiger partial charge in [-0.1, -0.05) is 0 Å². The van der Waals surface area contributed by atoms with Crippen LogP contribution in [0.2, 0.25) is 0 Å². The first kappa shape index (κ1) is 14.6. The van der Waals surface area contributed by atoms with Crippen LogP contribution >= 0.6 is 0 Å². The molecular weight excluding hydrogens is 262 g/mol. The Balaban J connectivity index is 1.99. The lowest BCUT2D eigenvalue weighted by atomic mass is 9.93. The van der Waals surface area contributed by atoms with Gasteiger partial charge in [-0.05, 0) is 38.5 Å². The Bertz CT molecular complexity index is 422. The number of carboxylic acids is 1. The van der Waals surface area contributed by atoms with Gasteiger partial charge in [0.25, 0.3) is 0 Å². The Labute approximate surface area is 117 Å². The number of hydrogen-bond donors (Lipinski definition) is 3. The number of aliphatic carboxylic acids is 1. The van der Waals surface area contributed by atoms with Crippen molar-refractivity contribution in [1.29, 1.82) is 0 Å². The summed E-state index contributed by atoms with van der Waals surface area (Å²) in [6.07, 6.45) is 3.03. The van der Waals surface area contributed by atoms with E-state index in [9.17, 15) is 14.4 Å². The predicted molar refractivity (Wildman–Crippen MR) is 70.8 cm³/mol. The Morgan fingerprint density at radius 1 is 1.25 bits per heavy atom. The number of nitrogens with one attached hydrogen (secondary N) is 1. The molecule has 7 nitrogen and oxygen atoms in total. The molecule has 3 unspecified atom stereocenters. The van der Waals surface area contributed by atoms with E-state index in [0.29, 0.717) is 12.8 Å². The van der Waals surface area contributed by atoms with Crippen molar-refractivity contribution < 1.29 is 19.5 Å². The molecule has 2 rings (SSSR count). The second-order valence-corrected chi connectivity index (χ2v) is 5.78. The van der Waals surface area contributed by atoms with E-state index in [0.717, 1.165) is 12.8 Å². The number of hydrogen-bond acceptors (Lipinski definition) is 3. The van der Waals surface area contributed by atoms with E-state index < -0.39 is 23.9 Å². The molecule has 0 aromatic rings. The van der Waals surface area contributed by atoms with Crippen LogP contribution in [-0.4, -0.2) is 46.5 Å². The van der Waals surface area contributed by atoms with Gasteiger partial charge in [-0.15, -0.1) is 0 Å².